The maximum Gasteiger partial charge on any atom is 0.255 e. The molecule has 0 radical (unpaired) electrons. The molecule has 1 unspecified atom stereocenters. The fourth-order valence-corrected chi connectivity index (χ4v) is 2.81. The second kappa shape index (κ2) is 12.6. The Balaban J connectivity index is 0.00000341. The predicted octanol–water partition coefficient (Wildman–Crippen LogP) is 3.90. The van der Waals surface area contributed by atoms with Crippen LogP contribution in [-0.2, 0) is 6.54 Å². The summed E-state index contributed by atoms with van der Waals surface area (Å²) in [6.07, 6.45) is -0.622. The van der Waals surface area contributed by atoms with E-state index >= 15 is 0 Å². The van der Waals surface area contributed by atoms with E-state index in [0.29, 0.717) is 35.8 Å². The number of carbonyl (C=O) groups is 1. The Morgan fingerprint density at radius 2 is 1.58 bits per heavy atom. The molecule has 0 saturated heterocycles. The maximum atomic E-state index is 12.3. The van der Waals surface area contributed by atoms with Crippen molar-refractivity contribution in [2.75, 3.05) is 25.6 Å². The molecule has 164 valence electrons. The molecule has 3 rings (SSSR count). The van der Waals surface area contributed by atoms with E-state index in [9.17, 15) is 9.90 Å². The highest BCUT2D eigenvalue weighted by Crippen LogP contribution is 2.18. The van der Waals surface area contributed by atoms with Gasteiger partial charge in [0.25, 0.3) is 5.91 Å². The van der Waals surface area contributed by atoms with Crippen LogP contribution in [0.2, 0.25) is 0 Å². The highest BCUT2D eigenvalue weighted by atomic mass is 35.5. The smallest absolute Gasteiger partial charge is 0.255 e. The summed E-state index contributed by atoms with van der Waals surface area (Å²) in [5.41, 5.74) is 2.37. The molecule has 0 aromatic heterocycles. The molecular formula is C24H27ClN2O4. The van der Waals surface area contributed by atoms with Crippen LogP contribution in [0.25, 0.3) is 0 Å². The molecule has 3 aromatic carbocycles. The molecule has 1 amide bonds. The number of hydrogen-bond acceptors (Lipinski definition) is 5. The number of rotatable bonds is 10. The highest BCUT2D eigenvalue weighted by molar-refractivity contribution is 6.04. The molecule has 0 aliphatic rings. The minimum Gasteiger partial charge on any atom is -0.497 e. The Hall–Kier alpha value is -3.06. The molecule has 0 fully saturated rings. The minimum atomic E-state index is -0.622. The minimum absolute atomic E-state index is 0. The van der Waals surface area contributed by atoms with Gasteiger partial charge in [0, 0.05) is 24.3 Å². The number of amides is 1. The third kappa shape index (κ3) is 7.94. The van der Waals surface area contributed by atoms with Crippen LogP contribution in [0.1, 0.15) is 15.9 Å². The number of benzene rings is 3. The van der Waals surface area contributed by atoms with Crippen molar-refractivity contribution >= 4 is 24.0 Å². The summed E-state index contributed by atoms with van der Waals surface area (Å²) in [7, 11) is 1.58. The molecule has 6 nitrogen and oxygen atoms in total. The van der Waals surface area contributed by atoms with Crippen molar-refractivity contribution in [3.05, 3.63) is 90.0 Å². The molecule has 3 N–H and O–H groups in total. The number of hydrogen-bond donors (Lipinski definition) is 3. The number of anilines is 1. The van der Waals surface area contributed by atoms with Crippen LogP contribution < -0.4 is 20.1 Å². The first-order valence-electron chi connectivity index (χ1n) is 9.75. The van der Waals surface area contributed by atoms with Gasteiger partial charge in [-0.15, -0.1) is 12.4 Å². The van der Waals surface area contributed by atoms with Gasteiger partial charge in [0.05, 0.1) is 7.11 Å². The maximum absolute atomic E-state index is 12.3. The number of carbonyl (C=O) groups excluding carboxylic acids is 1. The number of aliphatic hydroxyl groups is 1. The van der Waals surface area contributed by atoms with Gasteiger partial charge in [0.2, 0.25) is 0 Å². The van der Waals surface area contributed by atoms with Crippen LogP contribution in [0.15, 0.2) is 78.9 Å². The van der Waals surface area contributed by atoms with E-state index in [1.54, 1.807) is 55.6 Å². The van der Waals surface area contributed by atoms with E-state index in [1.807, 2.05) is 30.3 Å². The monoisotopic (exact) mass is 442 g/mol. The first-order valence-corrected chi connectivity index (χ1v) is 9.75. The zero-order valence-corrected chi connectivity index (χ0v) is 18.1. The SMILES string of the molecule is COc1ccc(C(=O)Nc2ccc(OCC(O)CNCc3ccccc3)cc2)cc1.Cl. The summed E-state index contributed by atoms with van der Waals surface area (Å²) in [6, 6.07) is 23.9. The molecule has 3 aromatic rings. The number of methoxy groups -OCH3 is 1. The van der Waals surface area contributed by atoms with E-state index in [1.165, 1.54) is 0 Å². The number of ether oxygens (including phenoxy) is 2. The van der Waals surface area contributed by atoms with Gasteiger partial charge in [-0.25, -0.2) is 0 Å². The van der Waals surface area contributed by atoms with Crippen molar-refractivity contribution < 1.29 is 19.4 Å². The Labute approximate surface area is 188 Å². The summed E-state index contributed by atoms with van der Waals surface area (Å²) in [5.74, 6) is 1.12. The van der Waals surface area contributed by atoms with Crippen molar-refractivity contribution in [1.29, 1.82) is 0 Å². The summed E-state index contributed by atoms with van der Waals surface area (Å²) >= 11 is 0. The molecule has 0 bridgehead atoms. The van der Waals surface area contributed by atoms with E-state index in [4.69, 9.17) is 9.47 Å². The Morgan fingerprint density at radius 3 is 2.23 bits per heavy atom. The molecule has 0 spiro atoms. The van der Waals surface area contributed by atoms with Crippen LogP contribution in [-0.4, -0.2) is 37.4 Å². The topological polar surface area (TPSA) is 79.8 Å². The van der Waals surface area contributed by atoms with Crippen LogP contribution in [0, 0.1) is 0 Å². The normalized spacial score (nSPS) is 11.2. The van der Waals surface area contributed by atoms with Gasteiger partial charge in [0.1, 0.15) is 24.2 Å². The predicted molar refractivity (Wildman–Crippen MR) is 124 cm³/mol. The second-order valence-corrected chi connectivity index (χ2v) is 6.79. The molecular weight excluding hydrogens is 416 g/mol. The van der Waals surface area contributed by atoms with Gasteiger partial charge in [-0.05, 0) is 54.1 Å². The fourth-order valence-electron chi connectivity index (χ4n) is 2.81. The van der Waals surface area contributed by atoms with Crippen molar-refractivity contribution in [3.63, 3.8) is 0 Å². The Bertz CT molecular complexity index is 919. The molecule has 31 heavy (non-hydrogen) atoms. The average molecular weight is 443 g/mol. The van der Waals surface area contributed by atoms with Gasteiger partial charge >= 0.3 is 0 Å². The summed E-state index contributed by atoms with van der Waals surface area (Å²) in [5, 5.41) is 16.1. The Kier molecular flexibility index (Phi) is 9.84. The molecule has 0 heterocycles. The lowest BCUT2D eigenvalue weighted by Gasteiger charge is -2.14. The first kappa shape index (κ1) is 24.2. The Morgan fingerprint density at radius 1 is 0.935 bits per heavy atom. The van der Waals surface area contributed by atoms with Gasteiger partial charge in [-0.3, -0.25) is 4.79 Å². The number of nitrogens with one attached hydrogen (secondary N) is 2. The van der Waals surface area contributed by atoms with Crippen molar-refractivity contribution in [3.8, 4) is 11.5 Å². The van der Waals surface area contributed by atoms with Crippen LogP contribution in [0.4, 0.5) is 5.69 Å². The summed E-state index contributed by atoms with van der Waals surface area (Å²) in [6.45, 7) is 1.31. The van der Waals surface area contributed by atoms with Crippen molar-refractivity contribution in [2.24, 2.45) is 0 Å². The van der Waals surface area contributed by atoms with Crippen LogP contribution in [0.3, 0.4) is 0 Å². The van der Waals surface area contributed by atoms with E-state index in [2.05, 4.69) is 10.6 Å². The molecule has 0 saturated carbocycles. The summed E-state index contributed by atoms with van der Waals surface area (Å²) < 4.78 is 10.7. The highest BCUT2D eigenvalue weighted by Gasteiger charge is 2.08. The fraction of sp³-hybridized carbons (Fsp3) is 0.208. The lowest BCUT2D eigenvalue weighted by Crippen LogP contribution is -2.31. The van der Waals surface area contributed by atoms with Crippen LogP contribution in [0.5, 0.6) is 11.5 Å². The molecule has 0 aliphatic heterocycles. The number of aliphatic hydroxyl groups excluding tert-OH is 1. The largest absolute Gasteiger partial charge is 0.497 e. The van der Waals surface area contributed by atoms with E-state index in [-0.39, 0.29) is 24.9 Å². The lowest BCUT2D eigenvalue weighted by atomic mass is 10.2. The van der Waals surface area contributed by atoms with Crippen LogP contribution >= 0.6 is 12.4 Å². The van der Waals surface area contributed by atoms with Crippen molar-refractivity contribution in [2.45, 2.75) is 12.6 Å². The lowest BCUT2D eigenvalue weighted by molar-refractivity contribution is 0.102. The molecule has 1 atom stereocenters. The average Bonchev–Trinajstić information content (AvgIpc) is 2.79. The number of halogens is 1. The quantitative estimate of drug-likeness (QED) is 0.443. The van der Waals surface area contributed by atoms with Gasteiger partial charge in [0.15, 0.2) is 0 Å². The van der Waals surface area contributed by atoms with Gasteiger partial charge in [-0.1, -0.05) is 30.3 Å². The first-order chi connectivity index (χ1) is 14.6. The van der Waals surface area contributed by atoms with E-state index in [0.717, 1.165) is 5.56 Å². The van der Waals surface area contributed by atoms with Crippen molar-refractivity contribution in [1.82, 2.24) is 5.32 Å². The van der Waals surface area contributed by atoms with E-state index < -0.39 is 6.10 Å². The summed E-state index contributed by atoms with van der Waals surface area (Å²) in [4.78, 5) is 12.3. The molecule has 0 aliphatic carbocycles. The standard InChI is InChI=1S/C24H26N2O4.ClH/c1-29-22-11-7-19(8-12-22)24(28)26-20-9-13-23(14-10-20)30-17-21(27)16-25-15-18-5-3-2-4-6-18;/h2-14,21,25,27H,15-17H2,1H3,(H,26,28);1H. The second-order valence-electron chi connectivity index (χ2n) is 6.79. The molecule has 7 heteroatoms. The van der Waals surface area contributed by atoms with Gasteiger partial charge < -0.3 is 25.2 Å². The van der Waals surface area contributed by atoms with Gasteiger partial charge in [-0.2, -0.15) is 0 Å². The third-order valence-corrected chi connectivity index (χ3v) is 4.46. The third-order valence-electron chi connectivity index (χ3n) is 4.46. The zero-order valence-electron chi connectivity index (χ0n) is 17.3. The zero-order chi connectivity index (χ0) is 21.2.